The average Bonchev–Trinajstić information content (AvgIpc) is 3.87. The number of urea groups is 1. The zero-order valence-electron chi connectivity index (χ0n) is 42.2. The molecule has 6 N–H and O–H groups in total. The second kappa shape index (κ2) is 21.4. The number of carbonyl (C=O) groups excluding carboxylic acids is 7. The largest absolute Gasteiger partial charge is 0.459 e. The van der Waals surface area contributed by atoms with Crippen molar-refractivity contribution in [3.8, 4) is 0 Å². The van der Waals surface area contributed by atoms with Gasteiger partial charge in [-0.1, -0.05) is 107 Å². The minimum atomic E-state index is -2.40. The first-order valence-electron chi connectivity index (χ1n) is 25.0. The van der Waals surface area contributed by atoms with E-state index in [0.29, 0.717) is 12.8 Å². The molecule has 4 fully saturated rings. The molecule has 13 atom stereocenters. The van der Waals surface area contributed by atoms with E-state index >= 15 is 0 Å². The lowest BCUT2D eigenvalue weighted by Crippen LogP contribution is -2.79. The Morgan fingerprint density at radius 3 is 2.14 bits per heavy atom. The number of nitrogens with zero attached hydrogens (tertiary/aromatic N) is 1. The first-order valence-corrected chi connectivity index (χ1v) is 25.0. The standard InChI is InChI=1S/C55H65N3O16/c1-29(2)42(48(64)58-24-16-23-35(58)50(66)70-27-32-17-10-7-11-18-32)56-52(68)57-43(33-19-12-8-13-20-33)46(63)51(67)72-37-26-55(69)47(73-49(65)34-21-14-9-15-22-34)41-39(44(61)45(62)40(30(37)3)53(55,5)6)36(60)25-38-54(41,28-71-38)74-31(4)59/h7-15,17-22,29,35-39,41-43,45-47,60,62-63,69H,16,23-28H2,1-6H3,(H2,56,57,68)/t35-,36-,37-,38?,39?,41?,42-,43-,45+,46+,47-,54-,55+/m0/s1. The molecule has 2 saturated heterocycles. The zero-order valence-corrected chi connectivity index (χ0v) is 42.2. The van der Waals surface area contributed by atoms with Gasteiger partial charge in [0.2, 0.25) is 5.91 Å². The number of rotatable bonds is 14. The van der Waals surface area contributed by atoms with Crippen LogP contribution in [0.15, 0.2) is 102 Å². The van der Waals surface area contributed by atoms with Gasteiger partial charge in [0.05, 0.1) is 36.2 Å². The molecule has 74 heavy (non-hydrogen) atoms. The van der Waals surface area contributed by atoms with E-state index in [2.05, 4.69) is 10.6 Å². The number of aliphatic hydroxyl groups is 4. The summed E-state index contributed by atoms with van der Waals surface area (Å²) in [5, 5.41) is 54.8. The summed E-state index contributed by atoms with van der Waals surface area (Å²) in [5.74, 6) is -8.70. The summed E-state index contributed by atoms with van der Waals surface area (Å²) >= 11 is 0. The molecule has 396 valence electrons. The predicted octanol–water partition coefficient (Wildman–Crippen LogP) is 3.40. The number of likely N-dealkylation sites (tertiary alicyclic amines) is 1. The monoisotopic (exact) mass is 1020 g/mol. The number of hydrogen-bond donors (Lipinski definition) is 6. The van der Waals surface area contributed by atoms with Crippen LogP contribution in [0.1, 0.15) is 94.8 Å². The molecule has 2 bridgehead atoms. The Morgan fingerprint density at radius 2 is 1.53 bits per heavy atom. The van der Waals surface area contributed by atoms with Crippen molar-refractivity contribution in [3.05, 3.63) is 119 Å². The third kappa shape index (κ3) is 9.95. The summed E-state index contributed by atoms with van der Waals surface area (Å²) in [6.45, 7) is 9.03. The second-order valence-electron chi connectivity index (χ2n) is 20.9. The Balaban J connectivity index is 1.08. The molecular weight excluding hydrogens is 959 g/mol. The van der Waals surface area contributed by atoms with Crippen LogP contribution in [-0.4, -0.2) is 140 Å². The van der Waals surface area contributed by atoms with E-state index in [4.69, 9.17) is 23.7 Å². The first-order chi connectivity index (χ1) is 35.1. The lowest BCUT2D eigenvalue weighted by atomic mass is 9.49. The molecule has 3 aliphatic carbocycles. The highest BCUT2D eigenvalue weighted by Gasteiger charge is 2.74. The maximum Gasteiger partial charge on any atom is 0.338 e. The van der Waals surface area contributed by atoms with Crippen LogP contribution in [0.2, 0.25) is 0 Å². The molecule has 5 aliphatic rings. The lowest BCUT2D eigenvalue weighted by Gasteiger charge is -2.64. The van der Waals surface area contributed by atoms with Crippen LogP contribution in [0.25, 0.3) is 0 Å². The third-order valence-electron chi connectivity index (χ3n) is 15.8. The predicted molar refractivity (Wildman–Crippen MR) is 261 cm³/mol. The number of hydrogen-bond acceptors (Lipinski definition) is 16. The number of fused-ring (bicyclic) bond motifs is 5. The van der Waals surface area contributed by atoms with E-state index in [9.17, 15) is 54.0 Å². The number of Topliss-reactive ketones (excluding diaryl/α,β-unsaturated/α-hetero) is 1. The van der Waals surface area contributed by atoms with Crippen molar-refractivity contribution in [3.63, 3.8) is 0 Å². The molecule has 0 aromatic heterocycles. The molecule has 3 unspecified atom stereocenters. The molecule has 2 heterocycles. The minimum absolute atomic E-state index is 0.0153. The molecule has 3 aromatic rings. The quantitative estimate of drug-likeness (QED) is 0.0767. The Hall–Kier alpha value is -6.51. The maximum absolute atomic E-state index is 14.8. The lowest BCUT2D eigenvalue weighted by molar-refractivity contribution is -0.332. The normalized spacial score (nSPS) is 30.1. The SMILES string of the molecule is CC(=O)O[C@@]12COC1C[C@H](O)C1C(=O)[C@H](O)C3=C(C)[C@@H](OC(=O)[C@H](O)[C@@H](NC(=O)N[C@H](C(=O)N4CCC[C@H]4C(=O)OCc4ccccc4)C(C)C)c4ccccc4)C[C@@](O)([C@@H](OC(=O)c4ccccc4)C12)C3(C)C. The number of benzene rings is 3. The highest BCUT2D eigenvalue weighted by Crippen LogP contribution is 2.61. The Bertz CT molecular complexity index is 2650. The number of esters is 4. The summed E-state index contributed by atoms with van der Waals surface area (Å²) in [4.78, 5) is 99.4. The van der Waals surface area contributed by atoms with Crippen molar-refractivity contribution in [2.75, 3.05) is 13.2 Å². The fourth-order valence-electron chi connectivity index (χ4n) is 11.9. The van der Waals surface area contributed by atoms with Gasteiger partial charge in [0, 0.05) is 31.7 Å². The van der Waals surface area contributed by atoms with Gasteiger partial charge in [0.15, 0.2) is 17.5 Å². The molecule has 0 radical (unpaired) electrons. The van der Waals surface area contributed by atoms with E-state index in [1.54, 1.807) is 62.4 Å². The van der Waals surface area contributed by atoms with Crippen LogP contribution in [0.4, 0.5) is 4.79 Å². The fourth-order valence-corrected chi connectivity index (χ4v) is 11.9. The molecule has 3 aromatic carbocycles. The van der Waals surface area contributed by atoms with E-state index in [0.717, 1.165) is 12.5 Å². The number of ether oxygens (including phenoxy) is 5. The molecule has 2 aliphatic heterocycles. The Kier molecular flexibility index (Phi) is 15.5. The van der Waals surface area contributed by atoms with Gasteiger partial charge in [0.1, 0.15) is 48.7 Å². The van der Waals surface area contributed by atoms with E-state index in [1.807, 2.05) is 30.3 Å². The first kappa shape index (κ1) is 53.8. The van der Waals surface area contributed by atoms with Crippen LogP contribution < -0.4 is 10.6 Å². The van der Waals surface area contributed by atoms with Crippen molar-refractivity contribution >= 4 is 41.6 Å². The number of ketones is 1. The molecule has 8 rings (SSSR count). The van der Waals surface area contributed by atoms with Gasteiger partial charge in [-0.15, -0.1) is 0 Å². The average molecular weight is 1020 g/mol. The van der Waals surface area contributed by atoms with Crippen molar-refractivity contribution in [1.82, 2.24) is 15.5 Å². The zero-order chi connectivity index (χ0) is 53.4. The van der Waals surface area contributed by atoms with Gasteiger partial charge >= 0.3 is 29.9 Å². The molecule has 19 nitrogen and oxygen atoms in total. The van der Waals surface area contributed by atoms with Crippen molar-refractivity contribution < 1.29 is 77.7 Å². The summed E-state index contributed by atoms with van der Waals surface area (Å²) in [6.07, 6.45) is -10.0. The van der Waals surface area contributed by atoms with Crippen molar-refractivity contribution in [2.45, 2.75) is 140 Å². The van der Waals surface area contributed by atoms with Crippen LogP contribution in [0.3, 0.4) is 0 Å². The van der Waals surface area contributed by atoms with Gasteiger partial charge in [-0.2, -0.15) is 0 Å². The van der Waals surface area contributed by atoms with Crippen LogP contribution in [0, 0.1) is 23.2 Å². The van der Waals surface area contributed by atoms with Gasteiger partial charge in [0.25, 0.3) is 0 Å². The number of amides is 3. The van der Waals surface area contributed by atoms with Gasteiger partial charge in [-0.25, -0.2) is 19.2 Å². The van der Waals surface area contributed by atoms with Crippen LogP contribution in [0.5, 0.6) is 0 Å². The van der Waals surface area contributed by atoms with Crippen LogP contribution in [-0.2, 0) is 54.3 Å². The van der Waals surface area contributed by atoms with Gasteiger partial charge in [-0.3, -0.25) is 14.4 Å². The van der Waals surface area contributed by atoms with Crippen molar-refractivity contribution in [1.29, 1.82) is 0 Å². The van der Waals surface area contributed by atoms with Gasteiger partial charge in [-0.05, 0) is 60.1 Å². The summed E-state index contributed by atoms with van der Waals surface area (Å²) in [5.41, 5.74) is -4.75. The molecular formula is C55H65N3O16. The number of aliphatic hydroxyl groups excluding tert-OH is 3. The molecule has 0 spiro atoms. The number of nitrogens with one attached hydrogen (secondary N) is 2. The van der Waals surface area contributed by atoms with E-state index in [-0.39, 0.29) is 48.5 Å². The Morgan fingerprint density at radius 1 is 0.892 bits per heavy atom. The smallest absolute Gasteiger partial charge is 0.338 e. The third-order valence-corrected chi connectivity index (χ3v) is 15.8. The summed E-state index contributed by atoms with van der Waals surface area (Å²) in [7, 11) is 0. The molecule has 19 heteroatoms. The topological polar surface area (TPSA) is 274 Å². The van der Waals surface area contributed by atoms with Crippen LogP contribution >= 0.6 is 0 Å². The van der Waals surface area contributed by atoms with Gasteiger partial charge < -0.3 is 59.6 Å². The molecule has 3 amide bonds. The highest BCUT2D eigenvalue weighted by molar-refractivity contribution is 5.93. The summed E-state index contributed by atoms with van der Waals surface area (Å²) in [6, 6.07) is 20.3. The van der Waals surface area contributed by atoms with E-state index < -0.39 is 137 Å². The summed E-state index contributed by atoms with van der Waals surface area (Å²) < 4.78 is 29.8. The fraction of sp³-hybridized carbons (Fsp3) is 0.509. The second-order valence-corrected chi connectivity index (χ2v) is 20.9. The minimum Gasteiger partial charge on any atom is -0.459 e. The maximum atomic E-state index is 14.8. The van der Waals surface area contributed by atoms with E-state index in [1.165, 1.54) is 37.8 Å². The molecule has 2 saturated carbocycles. The highest BCUT2D eigenvalue weighted by atomic mass is 16.6. The Labute approximate surface area is 428 Å². The number of carbonyl (C=O) groups is 7. The van der Waals surface area contributed by atoms with Crippen molar-refractivity contribution in [2.24, 2.45) is 23.2 Å².